The maximum absolute atomic E-state index is 12.3. The number of aromatic hydroxyl groups is 2. The molecule has 6 nitrogen and oxygen atoms in total. The molecule has 0 spiro atoms. The molecule has 0 aromatic heterocycles. The van der Waals surface area contributed by atoms with Gasteiger partial charge in [-0.2, -0.15) is 0 Å². The van der Waals surface area contributed by atoms with E-state index in [1.807, 2.05) is 6.92 Å². The maximum Gasteiger partial charge on any atom is 0.325 e. The predicted molar refractivity (Wildman–Crippen MR) is 72.6 cm³/mol. The number of phenols is 2. The van der Waals surface area contributed by atoms with Gasteiger partial charge in [0, 0.05) is 12.6 Å². The average molecular weight is 281 g/mol. The molecule has 0 fully saturated rings. The fourth-order valence-electron chi connectivity index (χ4n) is 1.76. The van der Waals surface area contributed by atoms with Crippen LogP contribution >= 0.6 is 0 Å². The first-order valence-electron chi connectivity index (χ1n) is 6.46. The number of phenolic OH excluding ortho intramolecular Hbond substituents is 2. The van der Waals surface area contributed by atoms with Crippen LogP contribution < -0.4 is 0 Å². The summed E-state index contributed by atoms with van der Waals surface area (Å²) >= 11 is 0. The quantitative estimate of drug-likeness (QED) is 0.772. The van der Waals surface area contributed by atoms with E-state index in [2.05, 4.69) is 0 Å². The molecule has 1 rings (SSSR count). The highest BCUT2D eigenvalue weighted by atomic mass is 16.5. The number of hydrogen-bond acceptors (Lipinski definition) is 5. The number of esters is 1. The van der Waals surface area contributed by atoms with Crippen LogP contribution in [0.3, 0.4) is 0 Å². The molecule has 1 aromatic carbocycles. The average Bonchev–Trinajstić information content (AvgIpc) is 2.38. The lowest BCUT2D eigenvalue weighted by Crippen LogP contribution is -2.37. The molecule has 6 heteroatoms. The molecule has 0 aliphatic heterocycles. The second-order valence-corrected chi connectivity index (χ2v) is 4.23. The molecule has 110 valence electrons. The normalized spacial score (nSPS) is 10.1. The van der Waals surface area contributed by atoms with Crippen molar-refractivity contribution in [1.82, 2.24) is 4.90 Å². The van der Waals surface area contributed by atoms with Gasteiger partial charge in [0.2, 0.25) is 0 Å². The van der Waals surface area contributed by atoms with Gasteiger partial charge in [-0.15, -0.1) is 0 Å². The molecule has 0 heterocycles. The second-order valence-electron chi connectivity index (χ2n) is 4.23. The SMILES string of the molecule is CCCN(CC(=O)OCC)C(=O)c1ccc(O)cc1O. The Balaban J connectivity index is 2.90. The van der Waals surface area contributed by atoms with Crippen molar-refractivity contribution in [2.75, 3.05) is 19.7 Å². The Morgan fingerprint density at radius 2 is 1.95 bits per heavy atom. The van der Waals surface area contributed by atoms with Gasteiger partial charge in [-0.05, 0) is 25.5 Å². The summed E-state index contributed by atoms with van der Waals surface area (Å²) in [5.74, 6) is -1.42. The number of nitrogens with zero attached hydrogens (tertiary/aromatic N) is 1. The molecule has 0 saturated heterocycles. The van der Waals surface area contributed by atoms with Crippen molar-refractivity contribution in [3.05, 3.63) is 23.8 Å². The van der Waals surface area contributed by atoms with Crippen LogP contribution in [-0.4, -0.2) is 46.7 Å². The van der Waals surface area contributed by atoms with E-state index in [0.29, 0.717) is 13.0 Å². The van der Waals surface area contributed by atoms with E-state index < -0.39 is 11.9 Å². The minimum atomic E-state index is -0.493. The van der Waals surface area contributed by atoms with E-state index in [-0.39, 0.29) is 30.2 Å². The number of ether oxygens (including phenoxy) is 1. The Morgan fingerprint density at radius 1 is 1.25 bits per heavy atom. The molecular formula is C14H19NO5. The molecule has 0 unspecified atom stereocenters. The molecular weight excluding hydrogens is 262 g/mol. The molecule has 0 radical (unpaired) electrons. The number of benzene rings is 1. The molecule has 2 N–H and O–H groups in total. The van der Waals surface area contributed by atoms with E-state index in [1.165, 1.54) is 17.0 Å². The zero-order valence-electron chi connectivity index (χ0n) is 11.6. The highest BCUT2D eigenvalue weighted by molar-refractivity contribution is 5.98. The largest absolute Gasteiger partial charge is 0.508 e. The Kier molecular flexibility index (Phi) is 5.83. The van der Waals surface area contributed by atoms with Crippen molar-refractivity contribution in [2.45, 2.75) is 20.3 Å². The van der Waals surface area contributed by atoms with Crippen LogP contribution in [0, 0.1) is 0 Å². The fourth-order valence-corrected chi connectivity index (χ4v) is 1.76. The van der Waals surface area contributed by atoms with Gasteiger partial charge in [0.25, 0.3) is 5.91 Å². The molecule has 1 amide bonds. The van der Waals surface area contributed by atoms with Gasteiger partial charge >= 0.3 is 5.97 Å². The van der Waals surface area contributed by atoms with Gasteiger partial charge in [-0.25, -0.2) is 0 Å². The third-order valence-corrected chi connectivity index (χ3v) is 2.62. The minimum Gasteiger partial charge on any atom is -0.508 e. The van der Waals surface area contributed by atoms with Gasteiger partial charge in [0.1, 0.15) is 18.0 Å². The minimum absolute atomic E-state index is 0.0422. The lowest BCUT2D eigenvalue weighted by Gasteiger charge is -2.21. The summed E-state index contributed by atoms with van der Waals surface area (Å²) in [5, 5.41) is 18.9. The summed E-state index contributed by atoms with van der Waals surface area (Å²) in [6, 6.07) is 3.71. The summed E-state index contributed by atoms with van der Waals surface area (Å²) in [6.45, 7) is 4.02. The topological polar surface area (TPSA) is 87.1 Å². The third-order valence-electron chi connectivity index (χ3n) is 2.62. The Morgan fingerprint density at radius 3 is 2.50 bits per heavy atom. The first-order valence-corrected chi connectivity index (χ1v) is 6.46. The molecule has 0 aliphatic rings. The van der Waals surface area contributed by atoms with Crippen LogP contribution in [0.1, 0.15) is 30.6 Å². The van der Waals surface area contributed by atoms with E-state index in [4.69, 9.17) is 4.74 Å². The predicted octanol–water partition coefficient (Wildman–Crippen LogP) is 1.51. The van der Waals surface area contributed by atoms with Crippen LogP contribution in [0.4, 0.5) is 0 Å². The fraction of sp³-hybridized carbons (Fsp3) is 0.429. The van der Waals surface area contributed by atoms with Gasteiger partial charge < -0.3 is 19.8 Å². The lowest BCUT2D eigenvalue weighted by atomic mass is 10.1. The highest BCUT2D eigenvalue weighted by Gasteiger charge is 2.21. The Hall–Kier alpha value is -2.24. The zero-order chi connectivity index (χ0) is 15.1. The molecule has 0 atom stereocenters. The molecule has 1 aromatic rings. The Labute approximate surface area is 117 Å². The van der Waals surface area contributed by atoms with E-state index in [9.17, 15) is 19.8 Å². The summed E-state index contributed by atoms with van der Waals surface area (Å²) < 4.78 is 4.82. The standard InChI is InChI=1S/C14H19NO5/c1-3-7-15(9-13(18)20-4-2)14(19)11-6-5-10(16)8-12(11)17/h5-6,8,16-17H,3-4,7,9H2,1-2H3. The first kappa shape index (κ1) is 15.8. The van der Waals surface area contributed by atoms with Crippen LogP contribution in [0.15, 0.2) is 18.2 Å². The molecule has 20 heavy (non-hydrogen) atoms. The summed E-state index contributed by atoms with van der Waals surface area (Å²) in [7, 11) is 0. The third kappa shape index (κ3) is 4.15. The van der Waals surface area contributed by atoms with Gasteiger partial charge in [-0.1, -0.05) is 6.92 Å². The van der Waals surface area contributed by atoms with Gasteiger partial charge in [0.15, 0.2) is 0 Å². The van der Waals surface area contributed by atoms with Crippen LogP contribution in [-0.2, 0) is 9.53 Å². The molecule has 0 bridgehead atoms. The van der Waals surface area contributed by atoms with Gasteiger partial charge in [-0.3, -0.25) is 9.59 Å². The van der Waals surface area contributed by atoms with Crippen molar-refractivity contribution in [1.29, 1.82) is 0 Å². The van der Waals surface area contributed by atoms with Crippen molar-refractivity contribution < 1.29 is 24.5 Å². The number of carbonyl (C=O) groups is 2. The molecule has 0 aliphatic carbocycles. The summed E-state index contributed by atoms with van der Waals surface area (Å²) in [5.41, 5.74) is 0.0422. The van der Waals surface area contributed by atoms with Crippen molar-refractivity contribution in [3.63, 3.8) is 0 Å². The van der Waals surface area contributed by atoms with Crippen LogP contribution in [0.25, 0.3) is 0 Å². The highest BCUT2D eigenvalue weighted by Crippen LogP contribution is 2.23. The second kappa shape index (κ2) is 7.37. The molecule has 0 saturated carbocycles. The number of amides is 1. The lowest BCUT2D eigenvalue weighted by molar-refractivity contribution is -0.143. The summed E-state index contributed by atoms with van der Waals surface area (Å²) in [4.78, 5) is 25.1. The smallest absolute Gasteiger partial charge is 0.325 e. The van der Waals surface area contributed by atoms with Crippen LogP contribution in [0.5, 0.6) is 11.5 Å². The Bertz CT molecular complexity index is 486. The van der Waals surface area contributed by atoms with E-state index >= 15 is 0 Å². The van der Waals surface area contributed by atoms with E-state index in [0.717, 1.165) is 6.07 Å². The summed E-state index contributed by atoms with van der Waals surface area (Å²) in [6.07, 6.45) is 0.671. The van der Waals surface area contributed by atoms with Gasteiger partial charge in [0.05, 0.1) is 12.2 Å². The van der Waals surface area contributed by atoms with Crippen molar-refractivity contribution in [2.24, 2.45) is 0 Å². The maximum atomic E-state index is 12.3. The van der Waals surface area contributed by atoms with Crippen LogP contribution in [0.2, 0.25) is 0 Å². The van der Waals surface area contributed by atoms with Crippen molar-refractivity contribution >= 4 is 11.9 Å². The number of hydrogen-bond donors (Lipinski definition) is 2. The monoisotopic (exact) mass is 281 g/mol. The number of carbonyl (C=O) groups excluding carboxylic acids is 2. The first-order chi connectivity index (χ1) is 9.49. The zero-order valence-corrected chi connectivity index (χ0v) is 11.6. The van der Waals surface area contributed by atoms with E-state index in [1.54, 1.807) is 6.92 Å². The van der Waals surface area contributed by atoms with Crippen molar-refractivity contribution in [3.8, 4) is 11.5 Å². The number of rotatable bonds is 6.